The van der Waals surface area contributed by atoms with Crippen molar-refractivity contribution in [1.29, 1.82) is 0 Å². The zero-order chi connectivity index (χ0) is 10.7. The molecule has 2 saturated heterocycles. The van der Waals surface area contributed by atoms with E-state index in [4.69, 9.17) is 0 Å². The molecule has 1 saturated carbocycles. The van der Waals surface area contributed by atoms with Gasteiger partial charge in [-0.25, -0.2) is 0 Å². The van der Waals surface area contributed by atoms with Gasteiger partial charge in [0.1, 0.15) is 0 Å². The molecule has 1 atom stereocenters. The number of rotatable bonds is 1. The van der Waals surface area contributed by atoms with Crippen molar-refractivity contribution in [1.82, 2.24) is 4.90 Å². The molecule has 0 aromatic carbocycles. The second-order valence-electron chi connectivity index (χ2n) is 5.23. The lowest BCUT2D eigenvalue weighted by molar-refractivity contribution is 0.0707. The van der Waals surface area contributed by atoms with Crippen LogP contribution in [0.2, 0.25) is 0 Å². The molecule has 0 aromatic rings. The number of fused-ring (bicyclic) bond motifs is 2. The Balaban J connectivity index is 1.95. The molecule has 0 radical (unpaired) electrons. The molecule has 4 heteroatoms. The Labute approximate surface area is 87.6 Å². The normalized spacial score (nSPS) is 37.4. The molecule has 3 aliphatic rings. The van der Waals surface area contributed by atoms with Crippen molar-refractivity contribution in [2.75, 3.05) is 13.2 Å². The summed E-state index contributed by atoms with van der Waals surface area (Å²) in [6, 6.07) is 0. The van der Waals surface area contributed by atoms with Crippen LogP contribution in [0.3, 0.4) is 0 Å². The van der Waals surface area contributed by atoms with Crippen LogP contribution in [-0.4, -0.2) is 34.2 Å². The smallest absolute Gasteiger partial charge is 0.270 e. The first-order valence-corrected chi connectivity index (χ1v) is 5.54. The van der Waals surface area contributed by atoms with E-state index in [0.717, 1.165) is 25.7 Å². The molecule has 0 aromatic heterocycles. The van der Waals surface area contributed by atoms with Gasteiger partial charge in [-0.2, -0.15) is 8.78 Å². The molecule has 1 unspecified atom stereocenters. The van der Waals surface area contributed by atoms with E-state index in [9.17, 15) is 13.9 Å². The van der Waals surface area contributed by atoms with Gasteiger partial charge in [0.2, 0.25) is 0 Å². The summed E-state index contributed by atoms with van der Waals surface area (Å²) in [6.45, 7) is 0.397. The van der Waals surface area contributed by atoms with E-state index in [1.54, 1.807) is 0 Å². The lowest BCUT2D eigenvalue weighted by Gasteiger charge is -2.32. The van der Waals surface area contributed by atoms with Gasteiger partial charge in [0.05, 0.1) is 6.61 Å². The number of nitrogens with zero attached hydrogens (tertiary/aromatic N) is 1. The fourth-order valence-corrected chi connectivity index (χ4v) is 3.41. The van der Waals surface area contributed by atoms with E-state index < -0.39 is 6.08 Å². The first-order valence-electron chi connectivity index (χ1n) is 5.54. The van der Waals surface area contributed by atoms with Crippen LogP contribution in [0.15, 0.2) is 11.7 Å². The van der Waals surface area contributed by atoms with Crippen LogP contribution >= 0.6 is 0 Å². The number of aliphatic hydroxyl groups excluding tert-OH is 1. The maximum Gasteiger partial charge on any atom is 0.270 e. The Kier molecular flexibility index (Phi) is 1.81. The first-order chi connectivity index (χ1) is 7.12. The van der Waals surface area contributed by atoms with Gasteiger partial charge in [0.15, 0.2) is 0 Å². The Morgan fingerprint density at radius 2 is 1.93 bits per heavy atom. The zero-order valence-electron chi connectivity index (χ0n) is 8.60. The zero-order valence-corrected chi connectivity index (χ0v) is 8.60. The van der Waals surface area contributed by atoms with Gasteiger partial charge >= 0.3 is 0 Å². The Bertz CT molecular complexity index is 333. The van der Waals surface area contributed by atoms with Crippen LogP contribution < -0.4 is 0 Å². The average molecular weight is 215 g/mol. The third kappa shape index (κ3) is 1.15. The van der Waals surface area contributed by atoms with Crippen molar-refractivity contribution in [3.63, 3.8) is 0 Å². The lowest BCUT2D eigenvalue weighted by Crippen LogP contribution is -2.46. The van der Waals surface area contributed by atoms with Crippen LogP contribution in [0.25, 0.3) is 0 Å². The molecule has 2 nitrogen and oxygen atoms in total. The van der Waals surface area contributed by atoms with Gasteiger partial charge in [-0.3, -0.25) is 4.90 Å². The Hall–Kier alpha value is -0.480. The van der Waals surface area contributed by atoms with Crippen LogP contribution in [-0.2, 0) is 0 Å². The van der Waals surface area contributed by atoms with Gasteiger partial charge in [0, 0.05) is 23.2 Å². The standard InChI is InChI=1S/C11H15F2NO/c12-9(13)8-5-11(7-15)4-3-10(1-2-10)14(11)6-8/h15H,1-7H2. The highest BCUT2D eigenvalue weighted by atomic mass is 19.3. The van der Waals surface area contributed by atoms with Crippen molar-refractivity contribution < 1.29 is 13.9 Å². The van der Waals surface area contributed by atoms with Crippen molar-refractivity contribution in [2.45, 2.75) is 43.2 Å². The minimum Gasteiger partial charge on any atom is -0.394 e. The molecule has 0 bridgehead atoms. The van der Waals surface area contributed by atoms with E-state index >= 15 is 0 Å². The van der Waals surface area contributed by atoms with Crippen molar-refractivity contribution in [3.8, 4) is 0 Å². The summed E-state index contributed by atoms with van der Waals surface area (Å²) in [5.41, 5.74) is 0.0740. The molecular weight excluding hydrogens is 200 g/mol. The second kappa shape index (κ2) is 2.80. The van der Waals surface area contributed by atoms with Gasteiger partial charge in [-0.05, 0) is 32.1 Å². The third-order valence-corrected chi connectivity index (χ3v) is 4.48. The number of hydrogen-bond donors (Lipinski definition) is 1. The highest BCUT2D eigenvalue weighted by Gasteiger charge is 2.63. The minimum absolute atomic E-state index is 0.0194. The van der Waals surface area contributed by atoms with E-state index in [0.29, 0.717) is 13.0 Å². The number of aliphatic hydroxyl groups is 1. The van der Waals surface area contributed by atoms with Crippen LogP contribution in [0.5, 0.6) is 0 Å². The second-order valence-corrected chi connectivity index (χ2v) is 5.23. The molecule has 1 N–H and O–H groups in total. The van der Waals surface area contributed by atoms with Gasteiger partial charge in [-0.15, -0.1) is 0 Å². The summed E-state index contributed by atoms with van der Waals surface area (Å²) in [7, 11) is 0. The van der Waals surface area contributed by atoms with E-state index in [-0.39, 0.29) is 23.3 Å². The molecule has 3 fully saturated rings. The van der Waals surface area contributed by atoms with Gasteiger partial charge in [-0.1, -0.05) is 0 Å². The Morgan fingerprint density at radius 1 is 1.27 bits per heavy atom. The molecule has 3 rings (SSSR count). The van der Waals surface area contributed by atoms with Crippen LogP contribution in [0.1, 0.15) is 32.1 Å². The summed E-state index contributed by atoms with van der Waals surface area (Å²) in [6.07, 6.45) is 3.03. The summed E-state index contributed by atoms with van der Waals surface area (Å²) in [5.74, 6) is 0. The fraction of sp³-hybridized carbons (Fsp3) is 0.818. The highest BCUT2D eigenvalue weighted by Crippen LogP contribution is 2.59. The van der Waals surface area contributed by atoms with E-state index in [1.807, 2.05) is 0 Å². The predicted octanol–water partition coefficient (Wildman–Crippen LogP) is 1.90. The van der Waals surface area contributed by atoms with Crippen molar-refractivity contribution in [3.05, 3.63) is 11.7 Å². The fourth-order valence-electron chi connectivity index (χ4n) is 3.41. The molecule has 2 aliphatic heterocycles. The van der Waals surface area contributed by atoms with Crippen LogP contribution in [0.4, 0.5) is 8.78 Å². The summed E-state index contributed by atoms with van der Waals surface area (Å²) < 4.78 is 25.2. The lowest BCUT2D eigenvalue weighted by atomic mass is 9.93. The predicted molar refractivity (Wildman–Crippen MR) is 51.6 cm³/mol. The molecule has 2 heterocycles. The summed E-state index contributed by atoms with van der Waals surface area (Å²) >= 11 is 0. The largest absolute Gasteiger partial charge is 0.394 e. The van der Waals surface area contributed by atoms with Gasteiger partial charge < -0.3 is 5.11 Å². The molecule has 1 spiro atoms. The molecule has 1 aliphatic carbocycles. The third-order valence-electron chi connectivity index (χ3n) is 4.48. The van der Waals surface area contributed by atoms with Gasteiger partial charge in [0.25, 0.3) is 6.08 Å². The number of halogens is 2. The first kappa shape index (κ1) is 9.73. The molecule has 0 amide bonds. The molecular formula is C11H15F2NO. The van der Waals surface area contributed by atoms with Crippen LogP contribution in [0, 0.1) is 0 Å². The monoisotopic (exact) mass is 215 g/mol. The van der Waals surface area contributed by atoms with Crippen molar-refractivity contribution >= 4 is 0 Å². The summed E-state index contributed by atoms with van der Waals surface area (Å²) in [4.78, 5) is 2.16. The topological polar surface area (TPSA) is 23.5 Å². The quantitative estimate of drug-likeness (QED) is 0.722. The molecule has 15 heavy (non-hydrogen) atoms. The van der Waals surface area contributed by atoms with E-state index in [2.05, 4.69) is 4.90 Å². The maximum absolute atomic E-state index is 12.6. The average Bonchev–Trinajstić information content (AvgIpc) is 2.79. The SMILES string of the molecule is OCC12CCC3(CC3)N1CC(=C(F)F)C2. The number of hydrogen-bond acceptors (Lipinski definition) is 2. The summed E-state index contributed by atoms with van der Waals surface area (Å²) in [5, 5.41) is 9.48. The van der Waals surface area contributed by atoms with Crippen molar-refractivity contribution in [2.24, 2.45) is 0 Å². The maximum atomic E-state index is 12.6. The highest BCUT2D eigenvalue weighted by molar-refractivity contribution is 5.28. The minimum atomic E-state index is -1.53. The molecule has 84 valence electrons. The Morgan fingerprint density at radius 3 is 2.47 bits per heavy atom. The van der Waals surface area contributed by atoms with E-state index in [1.165, 1.54) is 0 Å².